The second-order valence-corrected chi connectivity index (χ2v) is 6.33. The van der Waals surface area contributed by atoms with Gasteiger partial charge in [-0.25, -0.2) is 4.98 Å². The van der Waals surface area contributed by atoms with Crippen LogP contribution in [-0.4, -0.2) is 23.4 Å². The fourth-order valence-electron chi connectivity index (χ4n) is 2.70. The number of ether oxygens (including phenoxy) is 1. The average Bonchev–Trinajstić information content (AvgIpc) is 2.86. The lowest BCUT2D eigenvalue weighted by Crippen LogP contribution is -2.18. The highest BCUT2D eigenvalue weighted by atomic mass is 32.2. The molecule has 4 heteroatoms. The summed E-state index contributed by atoms with van der Waals surface area (Å²) < 4.78 is 5.41. The Bertz CT molecular complexity index is 430. The third kappa shape index (κ3) is 2.56. The Balaban J connectivity index is 1.81. The Morgan fingerprint density at radius 3 is 2.94 bits per heavy atom. The van der Waals surface area contributed by atoms with E-state index in [1.54, 1.807) is 0 Å². The van der Waals surface area contributed by atoms with Gasteiger partial charge in [-0.05, 0) is 43.2 Å². The molecule has 0 radical (unpaired) electrons. The Hall–Kier alpha value is -0.580. The first-order chi connectivity index (χ1) is 8.86. The smallest absolute Gasteiger partial charge is 0.101 e. The fourth-order valence-corrected chi connectivity index (χ4v) is 3.90. The van der Waals surface area contributed by atoms with Crippen LogP contribution in [0.3, 0.4) is 0 Å². The molecule has 1 aliphatic heterocycles. The van der Waals surface area contributed by atoms with Gasteiger partial charge in [0.1, 0.15) is 5.03 Å². The van der Waals surface area contributed by atoms with Gasteiger partial charge < -0.3 is 10.5 Å². The van der Waals surface area contributed by atoms with E-state index in [1.165, 1.54) is 34.7 Å². The lowest BCUT2D eigenvalue weighted by Gasteiger charge is -2.22. The molecule has 0 bridgehead atoms. The lowest BCUT2D eigenvalue weighted by molar-refractivity contribution is 0.1000. The largest absolute Gasteiger partial charge is 0.381 e. The van der Waals surface area contributed by atoms with Crippen molar-refractivity contribution in [1.82, 2.24) is 4.98 Å². The highest BCUT2D eigenvalue weighted by Crippen LogP contribution is 2.33. The van der Waals surface area contributed by atoms with E-state index < -0.39 is 0 Å². The predicted octanol–water partition coefficient (Wildman–Crippen LogP) is 2.30. The molecule has 0 spiro atoms. The zero-order valence-electron chi connectivity index (χ0n) is 10.7. The topological polar surface area (TPSA) is 48.1 Å². The summed E-state index contributed by atoms with van der Waals surface area (Å²) in [5.74, 6) is 0. The quantitative estimate of drug-likeness (QED) is 0.910. The number of fused-ring (bicyclic) bond motifs is 1. The number of hydrogen-bond acceptors (Lipinski definition) is 4. The van der Waals surface area contributed by atoms with Crippen molar-refractivity contribution in [2.24, 2.45) is 5.73 Å². The summed E-state index contributed by atoms with van der Waals surface area (Å²) in [6, 6.07) is 2.29. The normalized spacial score (nSPS) is 20.1. The molecular weight excluding hydrogens is 244 g/mol. The van der Waals surface area contributed by atoms with Gasteiger partial charge in [-0.15, -0.1) is 11.8 Å². The van der Waals surface area contributed by atoms with Crippen LogP contribution in [-0.2, 0) is 24.1 Å². The van der Waals surface area contributed by atoms with E-state index in [0.717, 1.165) is 32.5 Å². The van der Waals surface area contributed by atoms with E-state index in [9.17, 15) is 0 Å². The number of thioether (sulfide) groups is 1. The van der Waals surface area contributed by atoms with Crippen LogP contribution >= 0.6 is 11.8 Å². The van der Waals surface area contributed by atoms with Crippen LogP contribution < -0.4 is 5.73 Å². The molecule has 0 atom stereocenters. The third-order valence-electron chi connectivity index (χ3n) is 3.76. The highest BCUT2D eigenvalue weighted by Gasteiger charge is 2.20. The first-order valence-corrected chi connectivity index (χ1v) is 7.71. The summed E-state index contributed by atoms with van der Waals surface area (Å²) in [6.07, 6.45) is 5.83. The predicted molar refractivity (Wildman–Crippen MR) is 73.9 cm³/mol. The van der Waals surface area contributed by atoms with Gasteiger partial charge in [-0.3, -0.25) is 0 Å². The molecule has 0 amide bonds. The van der Waals surface area contributed by atoms with Crippen molar-refractivity contribution in [3.63, 3.8) is 0 Å². The van der Waals surface area contributed by atoms with Gasteiger partial charge in [-0.1, -0.05) is 6.07 Å². The zero-order valence-corrected chi connectivity index (χ0v) is 11.5. The van der Waals surface area contributed by atoms with Crippen molar-refractivity contribution in [2.75, 3.05) is 13.2 Å². The van der Waals surface area contributed by atoms with Gasteiger partial charge in [0.2, 0.25) is 0 Å². The van der Waals surface area contributed by atoms with Crippen LogP contribution in [0.2, 0.25) is 0 Å². The third-order valence-corrected chi connectivity index (χ3v) is 5.14. The summed E-state index contributed by atoms with van der Waals surface area (Å²) >= 11 is 1.91. The van der Waals surface area contributed by atoms with Crippen LogP contribution in [0.4, 0.5) is 0 Å². The first kappa shape index (κ1) is 12.5. The van der Waals surface area contributed by atoms with Gasteiger partial charge >= 0.3 is 0 Å². The molecule has 0 unspecified atom stereocenters. The van der Waals surface area contributed by atoms with E-state index in [4.69, 9.17) is 15.5 Å². The maximum atomic E-state index is 5.87. The maximum Gasteiger partial charge on any atom is 0.101 e. The van der Waals surface area contributed by atoms with Crippen LogP contribution in [0.25, 0.3) is 0 Å². The van der Waals surface area contributed by atoms with Crippen LogP contribution in [0, 0.1) is 0 Å². The number of hydrogen-bond donors (Lipinski definition) is 1. The molecule has 1 saturated heterocycles. The van der Waals surface area contributed by atoms with Crippen LogP contribution in [0.5, 0.6) is 0 Å². The Morgan fingerprint density at radius 1 is 1.33 bits per heavy atom. The molecular formula is C14H20N2OS. The van der Waals surface area contributed by atoms with Gasteiger partial charge in [0.25, 0.3) is 0 Å². The van der Waals surface area contributed by atoms with Gasteiger partial charge in [0, 0.05) is 30.7 Å². The van der Waals surface area contributed by atoms with E-state index in [1.807, 2.05) is 11.8 Å². The second kappa shape index (κ2) is 5.59. The van der Waals surface area contributed by atoms with Crippen LogP contribution in [0.15, 0.2) is 11.1 Å². The maximum absolute atomic E-state index is 5.87. The minimum Gasteiger partial charge on any atom is -0.381 e. The average molecular weight is 264 g/mol. The number of rotatable bonds is 3. The Labute approximate surface area is 113 Å². The molecule has 3 rings (SSSR count). The minimum atomic E-state index is 0.603. The summed E-state index contributed by atoms with van der Waals surface area (Å²) in [5.41, 5.74) is 9.83. The van der Waals surface area contributed by atoms with E-state index >= 15 is 0 Å². The number of aryl methyl sites for hydroxylation is 2. The minimum absolute atomic E-state index is 0.603. The number of aromatic nitrogens is 1. The number of nitrogens with two attached hydrogens (primary N) is 1. The molecule has 2 N–H and O–H groups in total. The van der Waals surface area contributed by atoms with E-state index in [-0.39, 0.29) is 0 Å². The molecule has 1 fully saturated rings. The molecule has 2 aliphatic rings. The van der Waals surface area contributed by atoms with Crippen LogP contribution in [0.1, 0.15) is 36.1 Å². The van der Waals surface area contributed by atoms with Crippen molar-refractivity contribution in [1.29, 1.82) is 0 Å². The summed E-state index contributed by atoms with van der Waals surface area (Å²) in [5, 5.41) is 1.82. The van der Waals surface area contributed by atoms with Crippen molar-refractivity contribution in [3.8, 4) is 0 Å². The number of pyridine rings is 1. The molecule has 3 nitrogen and oxygen atoms in total. The molecule has 1 aromatic heterocycles. The summed E-state index contributed by atoms with van der Waals surface area (Å²) in [4.78, 5) is 4.86. The fraction of sp³-hybridized carbons (Fsp3) is 0.643. The Kier molecular flexibility index (Phi) is 3.87. The van der Waals surface area contributed by atoms with E-state index in [0.29, 0.717) is 11.8 Å². The van der Waals surface area contributed by atoms with E-state index in [2.05, 4.69) is 6.07 Å². The van der Waals surface area contributed by atoms with Crippen molar-refractivity contribution >= 4 is 11.8 Å². The molecule has 18 heavy (non-hydrogen) atoms. The molecule has 98 valence electrons. The Morgan fingerprint density at radius 2 is 2.17 bits per heavy atom. The molecule has 1 aliphatic carbocycles. The van der Waals surface area contributed by atoms with Crippen molar-refractivity contribution in [2.45, 2.75) is 48.9 Å². The zero-order chi connectivity index (χ0) is 12.4. The van der Waals surface area contributed by atoms with Gasteiger partial charge in [0.05, 0.1) is 0 Å². The second-order valence-electron chi connectivity index (χ2n) is 5.05. The van der Waals surface area contributed by atoms with Crippen molar-refractivity contribution in [3.05, 3.63) is 22.9 Å². The number of nitrogens with zero attached hydrogens (tertiary/aromatic N) is 1. The molecule has 1 aromatic rings. The van der Waals surface area contributed by atoms with Gasteiger partial charge in [0.15, 0.2) is 0 Å². The summed E-state index contributed by atoms with van der Waals surface area (Å²) in [7, 11) is 0. The SMILES string of the molecule is NCc1cc2c(nc1SC1CCOCC1)CCC2. The van der Waals surface area contributed by atoms with Crippen molar-refractivity contribution < 1.29 is 4.74 Å². The highest BCUT2D eigenvalue weighted by molar-refractivity contribution is 7.99. The summed E-state index contributed by atoms with van der Waals surface area (Å²) in [6.45, 7) is 2.38. The lowest BCUT2D eigenvalue weighted by atomic mass is 10.1. The standard InChI is InChI=1S/C14H20N2OS/c15-9-11-8-10-2-1-3-13(10)16-14(11)18-12-4-6-17-7-5-12/h8,12H,1-7,9,15H2. The molecule has 0 saturated carbocycles. The molecule has 2 heterocycles. The monoisotopic (exact) mass is 264 g/mol. The first-order valence-electron chi connectivity index (χ1n) is 6.83. The molecule has 0 aromatic carbocycles. The van der Waals surface area contributed by atoms with Gasteiger partial charge in [-0.2, -0.15) is 0 Å².